The van der Waals surface area contributed by atoms with Crippen LogP contribution in [0.5, 0.6) is 0 Å². The van der Waals surface area contributed by atoms with E-state index in [4.69, 9.17) is 0 Å². The van der Waals surface area contributed by atoms with Gasteiger partial charge in [-0.1, -0.05) is 48.5 Å². The van der Waals surface area contributed by atoms with Crippen molar-refractivity contribution in [1.82, 2.24) is 0 Å². The molecular weight excluding hydrogens is 372 g/mol. The lowest BCUT2D eigenvalue weighted by Crippen LogP contribution is -2.30. The Morgan fingerprint density at radius 2 is 1.67 bits per heavy atom. The third kappa shape index (κ3) is 4.18. The van der Waals surface area contributed by atoms with Gasteiger partial charge in [-0.25, -0.2) is 0 Å². The van der Waals surface area contributed by atoms with Gasteiger partial charge in [0.2, 0.25) is 0 Å². The van der Waals surface area contributed by atoms with E-state index in [0.717, 1.165) is 23.5 Å². The number of nitrogens with zero attached hydrogens (tertiary/aromatic N) is 2. The molecule has 3 aromatic carbocycles. The van der Waals surface area contributed by atoms with Crippen LogP contribution in [0.2, 0.25) is 0 Å². The monoisotopic (exact) mass is 400 g/mol. The molecule has 4 heteroatoms. The van der Waals surface area contributed by atoms with Gasteiger partial charge in [-0.2, -0.15) is 0 Å². The summed E-state index contributed by atoms with van der Waals surface area (Å²) in [6.45, 7) is 5.99. The quantitative estimate of drug-likeness (QED) is 0.543. The molecule has 0 saturated heterocycles. The lowest BCUT2D eigenvalue weighted by Gasteiger charge is -2.30. The van der Waals surface area contributed by atoms with Crippen molar-refractivity contribution in [1.29, 1.82) is 0 Å². The maximum Gasteiger partial charge on any atom is 0.304 e. The molecule has 4 nitrogen and oxygen atoms in total. The smallest absolute Gasteiger partial charge is 0.304 e. The molecule has 0 radical (unpaired) electrons. The van der Waals surface area contributed by atoms with Crippen LogP contribution in [0.1, 0.15) is 37.3 Å². The molecule has 0 aromatic heterocycles. The van der Waals surface area contributed by atoms with E-state index >= 15 is 0 Å². The number of carbonyl (C=O) groups is 1. The Hall–Kier alpha value is -3.27. The molecule has 3 aromatic rings. The molecule has 30 heavy (non-hydrogen) atoms. The van der Waals surface area contributed by atoms with E-state index in [1.54, 1.807) is 0 Å². The number of hydrogen-bond donors (Lipinski definition) is 1. The van der Waals surface area contributed by atoms with Crippen LogP contribution in [0, 0.1) is 0 Å². The molecule has 1 atom stereocenters. The summed E-state index contributed by atoms with van der Waals surface area (Å²) in [7, 11) is 0. The van der Waals surface area contributed by atoms with Crippen LogP contribution in [0.4, 0.5) is 17.1 Å². The molecule has 1 aliphatic heterocycles. The maximum atomic E-state index is 11.3. The second-order valence-electron chi connectivity index (χ2n) is 8.19. The summed E-state index contributed by atoms with van der Waals surface area (Å²) in [4.78, 5) is 16.0. The molecule has 1 N–H and O–H groups in total. The first-order valence-electron chi connectivity index (χ1n) is 10.5. The fraction of sp³-hybridized carbons (Fsp3) is 0.269. The second-order valence-corrected chi connectivity index (χ2v) is 8.19. The van der Waals surface area contributed by atoms with Crippen LogP contribution < -0.4 is 9.80 Å². The van der Waals surface area contributed by atoms with Gasteiger partial charge in [-0.05, 0) is 55.3 Å². The second kappa shape index (κ2) is 8.62. The van der Waals surface area contributed by atoms with Gasteiger partial charge in [-0.3, -0.25) is 4.79 Å². The van der Waals surface area contributed by atoms with Crippen LogP contribution in [0.25, 0.3) is 0 Å². The molecule has 4 rings (SSSR count). The highest BCUT2D eigenvalue weighted by Gasteiger charge is 2.30. The van der Waals surface area contributed by atoms with E-state index in [1.807, 2.05) is 18.2 Å². The van der Waals surface area contributed by atoms with Crippen LogP contribution in [0.15, 0.2) is 78.9 Å². The number of benzene rings is 3. The number of para-hydroxylation sites is 1. The highest BCUT2D eigenvalue weighted by atomic mass is 16.4. The first-order chi connectivity index (χ1) is 14.5. The summed E-state index contributed by atoms with van der Waals surface area (Å²) >= 11 is 0. The minimum Gasteiger partial charge on any atom is -0.481 e. The van der Waals surface area contributed by atoms with Crippen LogP contribution in [0.3, 0.4) is 0 Å². The third-order valence-electron chi connectivity index (χ3n) is 5.80. The standard InChI is InChI=1S/C26H28N2O2/c1-19(2)27(17-20-8-4-3-5-9-20)22-12-14-23(15-13-22)28-18-21(16-26(29)30)24-10-6-7-11-25(24)28/h3-15,19,21H,16-18H2,1-2H3,(H,29,30). The van der Waals surface area contributed by atoms with Crippen molar-refractivity contribution in [2.45, 2.75) is 38.8 Å². The SMILES string of the molecule is CC(C)N(Cc1ccccc1)c1ccc(N2CC(CC(=O)O)c3ccccc32)cc1. The molecule has 1 heterocycles. The highest BCUT2D eigenvalue weighted by Crippen LogP contribution is 2.42. The van der Waals surface area contributed by atoms with E-state index in [2.05, 4.69) is 84.3 Å². The number of carboxylic acid groups (broad SMARTS) is 1. The Kier molecular flexibility index (Phi) is 5.75. The minimum absolute atomic E-state index is 0.0172. The summed E-state index contributed by atoms with van der Waals surface area (Å²) < 4.78 is 0. The summed E-state index contributed by atoms with van der Waals surface area (Å²) in [6, 6.07) is 27.7. The third-order valence-corrected chi connectivity index (χ3v) is 5.80. The molecule has 1 aliphatic rings. The van der Waals surface area contributed by atoms with Gasteiger partial charge in [0.25, 0.3) is 0 Å². The first-order valence-corrected chi connectivity index (χ1v) is 10.5. The summed E-state index contributed by atoms with van der Waals surface area (Å²) in [5, 5.41) is 9.30. The lowest BCUT2D eigenvalue weighted by atomic mass is 9.98. The zero-order chi connectivity index (χ0) is 21.1. The minimum atomic E-state index is -0.750. The Morgan fingerprint density at radius 1 is 1.00 bits per heavy atom. The molecule has 154 valence electrons. The van der Waals surface area contributed by atoms with Crippen molar-refractivity contribution in [2.24, 2.45) is 0 Å². The van der Waals surface area contributed by atoms with E-state index in [9.17, 15) is 9.90 Å². The van der Waals surface area contributed by atoms with Gasteiger partial charge >= 0.3 is 5.97 Å². The van der Waals surface area contributed by atoms with Gasteiger partial charge in [0.05, 0.1) is 6.42 Å². The van der Waals surface area contributed by atoms with Gasteiger partial charge < -0.3 is 14.9 Å². The lowest BCUT2D eigenvalue weighted by molar-refractivity contribution is -0.137. The molecule has 0 saturated carbocycles. The highest BCUT2D eigenvalue weighted by molar-refractivity contribution is 5.75. The Labute approximate surface area is 178 Å². The fourth-order valence-electron chi connectivity index (χ4n) is 4.30. The average molecular weight is 401 g/mol. The molecule has 1 unspecified atom stereocenters. The Bertz CT molecular complexity index is 999. The van der Waals surface area contributed by atoms with Crippen molar-refractivity contribution in [2.75, 3.05) is 16.3 Å². The van der Waals surface area contributed by atoms with Crippen molar-refractivity contribution in [3.63, 3.8) is 0 Å². The summed E-state index contributed by atoms with van der Waals surface area (Å²) in [6.07, 6.45) is 0.157. The predicted molar refractivity (Wildman–Crippen MR) is 123 cm³/mol. The number of carboxylic acids is 1. The van der Waals surface area contributed by atoms with Crippen molar-refractivity contribution >= 4 is 23.0 Å². The van der Waals surface area contributed by atoms with Crippen molar-refractivity contribution in [3.05, 3.63) is 90.0 Å². The average Bonchev–Trinajstić information content (AvgIpc) is 3.11. The summed E-state index contributed by atoms with van der Waals surface area (Å²) in [5.74, 6) is -0.732. The van der Waals surface area contributed by atoms with Gasteiger partial charge in [-0.15, -0.1) is 0 Å². The topological polar surface area (TPSA) is 43.8 Å². The Balaban J connectivity index is 1.58. The normalized spacial score (nSPS) is 15.3. The fourth-order valence-corrected chi connectivity index (χ4v) is 4.30. The number of anilines is 3. The van der Waals surface area contributed by atoms with Crippen LogP contribution in [-0.4, -0.2) is 23.7 Å². The van der Waals surface area contributed by atoms with Crippen LogP contribution >= 0.6 is 0 Å². The molecule has 0 spiro atoms. The summed E-state index contributed by atoms with van der Waals surface area (Å²) in [5.41, 5.74) is 5.81. The zero-order valence-electron chi connectivity index (χ0n) is 17.5. The van der Waals surface area contributed by atoms with Gasteiger partial charge in [0.1, 0.15) is 0 Å². The van der Waals surface area contributed by atoms with E-state index in [-0.39, 0.29) is 12.3 Å². The van der Waals surface area contributed by atoms with Crippen molar-refractivity contribution < 1.29 is 9.90 Å². The molecule has 0 fully saturated rings. The van der Waals surface area contributed by atoms with Crippen molar-refractivity contribution in [3.8, 4) is 0 Å². The van der Waals surface area contributed by atoms with E-state index in [1.165, 1.54) is 11.3 Å². The zero-order valence-corrected chi connectivity index (χ0v) is 17.5. The number of rotatable bonds is 7. The number of fused-ring (bicyclic) bond motifs is 1. The van der Waals surface area contributed by atoms with Gasteiger partial charge in [0.15, 0.2) is 0 Å². The molecule has 0 aliphatic carbocycles. The van der Waals surface area contributed by atoms with E-state index < -0.39 is 5.97 Å². The number of aliphatic carboxylic acids is 1. The van der Waals surface area contributed by atoms with Gasteiger partial charge in [0, 0.05) is 42.1 Å². The number of hydrogen-bond acceptors (Lipinski definition) is 3. The van der Waals surface area contributed by atoms with E-state index in [0.29, 0.717) is 12.6 Å². The largest absolute Gasteiger partial charge is 0.481 e. The molecule has 0 bridgehead atoms. The van der Waals surface area contributed by atoms with Crippen LogP contribution in [-0.2, 0) is 11.3 Å². The molecule has 0 amide bonds. The predicted octanol–water partition coefficient (Wildman–Crippen LogP) is 5.81. The maximum absolute atomic E-state index is 11.3. The first kappa shape index (κ1) is 20.0. The molecular formula is C26H28N2O2. The Morgan fingerprint density at radius 3 is 2.33 bits per heavy atom.